The number of benzene rings is 2. The van der Waals surface area contributed by atoms with Gasteiger partial charge >= 0.3 is 0 Å². The molecule has 0 saturated carbocycles. The second kappa shape index (κ2) is 12.0. The molecule has 0 atom stereocenters. The first-order valence-electron chi connectivity index (χ1n) is 9.08. The first-order valence-corrected chi connectivity index (χ1v) is 9.08. The Hall–Kier alpha value is -2.61. The standard InChI is InChI=1S/C22H24N4O.HI/c1-2-23-22(26-17-19-11-8-9-15-24-19)25-16-18-10-6-7-14-21(18)27-20-12-4-3-5-13-20;/h3-15H,2,16-17H2,1H3,(H2,23,25,26);1H. The Morgan fingerprint density at radius 1 is 0.929 bits per heavy atom. The van der Waals surface area contributed by atoms with Crippen molar-refractivity contribution in [1.82, 2.24) is 15.6 Å². The molecule has 0 aliphatic heterocycles. The molecule has 5 nitrogen and oxygen atoms in total. The van der Waals surface area contributed by atoms with E-state index >= 15 is 0 Å². The van der Waals surface area contributed by atoms with E-state index in [9.17, 15) is 0 Å². The molecule has 2 N–H and O–H groups in total. The zero-order valence-electron chi connectivity index (χ0n) is 15.8. The van der Waals surface area contributed by atoms with Gasteiger partial charge in [-0.05, 0) is 37.3 Å². The minimum absolute atomic E-state index is 0. The molecule has 2 aromatic carbocycles. The van der Waals surface area contributed by atoms with Crippen LogP contribution < -0.4 is 15.4 Å². The van der Waals surface area contributed by atoms with Crippen LogP contribution in [-0.4, -0.2) is 17.5 Å². The van der Waals surface area contributed by atoms with Crippen molar-refractivity contribution in [3.05, 3.63) is 90.3 Å². The number of nitrogens with zero attached hydrogens (tertiary/aromatic N) is 2. The molecule has 0 aliphatic carbocycles. The molecule has 28 heavy (non-hydrogen) atoms. The van der Waals surface area contributed by atoms with Crippen molar-refractivity contribution < 1.29 is 4.74 Å². The van der Waals surface area contributed by atoms with Crippen molar-refractivity contribution in [1.29, 1.82) is 0 Å². The minimum atomic E-state index is 0. The second-order valence-corrected chi connectivity index (χ2v) is 5.89. The summed E-state index contributed by atoms with van der Waals surface area (Å²) in [5.74, 6) is 2.37. The molecular weight excluding hydrogens is 463 g/mol. The highest BCUT2D eigenvalue weighted by Crippen LogP contribution is 2.25. The summed E-state index contributed by atoms with van der Waals surface area (Å²) in [6, 6.07) is 23.6. The maximum Gasteiger partial charge on any atom is 0.191 e. The molecule has 0 spiro atoms. The Kier molecular flexibility index (Phi) is 9.27. The summed E-state index contributed by atoms with van der Waals surface area (Å²) in [6.07, 6.45) is 1.79. The minimum Gasteiger partial charge on any atom is -0.457 e. The predicted octanol–water partition coefficient (Wildman–Crippen LogP) is 4.75. The topological polar surface area (TPSA) is 58.5 Å². The third-order valence-corrected chi connectivity index (χ3v) is 3.86. The fourth-order valence-electron chi connectivity index (χ4n) is 2.53. The van der Waals surface area contributed by atoms with Crippen molar-refractivity contribution >= 4 is 29.9 Å². The van der Waals surface area contributed by atoms with E-state index in [2.05, 4.69) is 20.6 Å². The lowest BCUT2D eigenvalue weighted by atomic mass is 10.2. The number of aliphatic imine (C=N–C) groups is 1. The van der Waals surface area contributed by atoms with Gasteiger partial charge in [-0.3, -0.25) is 4.98 Å². The van der Waals surface area contributed by atoms with Crippen molar-refractivity contribution in [3.8, 4) is 11.5 Å². The molecular formula is C22H25IN4O. The number of ether oxygens (including phenoxy) is 1. The van der Waals surface area contributed by atoms with Crippen molar-refractivity contribution in [2.45, 2.75) is 20.0 Å². The molecule has 0 unspecified atom stereocenters. The van der Waals surface area contributed by atoms with Crippen LogP contribution in [0.2, 0.25) is 0 Å². The average Bonchev–Trinajstić information content (AvgIpc) is 2.72. The Morgan fingerprint density at radius 3 is 2.43 bits per heavy atom. The molecule has 0 saturated heterocycles. The molecule has 1 aromatic heterocycles. The van der Waals surface area contributed by atoms with Crippen molar-refractivity contribution in [2.75, 3.05) is 6.54 Å². The Labute approximate surface area is 183 Å². The molecule has 0 radical (unpaired) electrons. The number of para-hydroxylation sites is 2. The number of nitrogens with one attached hydrogen (secondary N) is 2. The van der Waals surface area contributed by atoms with Crippen LogP contribution in [0.25, 0.3) is 0 Å². The SMILES string of the molecule is CCNC(=NCc1ccccc1Oc1ccccc1)NCc1ccccn1.I. The molecule has 1 heterocycles. The van der Waals surface area contributed by atoms with Crippen LogP contribution in [0.15, 0.2) is 84.0 Å². The van der Waals surface area contributed by atoms with Gasteiger partial charge < -0.3 is 15.4 Å². The van der Waals surface area contributed by atoms with Crippen LogP contribution in [0.4, 0.5) is 0 Å². The van der Waals surface area contributed by atoms with E-state index in [0.717, 1.165) is 35.3 Å². The maximum atomic E-state index is 6.01. The van der Waals surface area contributed by atoms with Gasteiger partial charge in [-0.15, -0.1) is 24.0 Å². The summed E-state index contributed by atoms with van der Waals surface area (Å²) in [5, 5.41) is 6.57. The van der Waals surface area contributed by atoms with Gasteiger partial charge in [-0.2, -0.15) is 0 Å². The van der Waals surface area contributed by atoms with E-state index in [4.69, 9.17) is 4.74 Å². The molecule has 0 aliphatic rings. The number of pyridine rings is 1. The van der Waals surface area contributed by atoms with Crippen LogP contribution in [0, 0.1) is 0 Å². The van der Waals surface area contributed by atoms with Gasteiger partial charge in [-0.1, -0.05) is 42.5 Å². The average molecular weight is 488 g/mol. The fraction of sp³-hybridized carbons (Fsp3) is 0.182. The molecule has 0 bridgehead atoms. The quantitative estimate of drug-likeness (QED) is 0.287. The monoisotopic (exact) mass is 488 g/mol. The van der Waals surface area contributed by atoms with E-state index in [-0.39, 0.29) is 24.0 Å². The zero-order chi connectivity index (χ0) is 18.7. The van der Waals surface area contributed by atoms with Gasteiger partial charge in [0.15, 0.2) is 5.96 Å². The van der Waals surface area contributed by atoms with E-state index < -0.39 is 0 Å². The van der Waals surface area contributed by atoms with Crippen molar-refractivity contribution in [2.24, 2.45) is 4.99 Å². The number of aromatic nitrogens is 1. The molecule has 6 heteroatoms. The van der Waals surface area contributed by atoms with Crippen molar-refractivity contribution in [3.63, 3.8) is 0 Å². The van der Waals surface area contributed by atoms with Crippen LogP contribution in [0.3, 0.4) is 0 Å². The number of rotatable bonds is 7. The van der Waals surface area contributed by atoms with Crippen LogP contribution >= 0.6 is 24.0 Å². The fourth-order valence-corrected chi connectivity index (χ4v) is 2.53. The van der Waals surface area contributed by atoms with Gasteiger partial charge in [0.1, 0.15) is 11.5 Å². The number of guanidine groups is 1. The zero-order valence-corrected chi connectivity index (χ0v) is 18.2. The van der Waals surface area contributed by atoms with Gasteiger partial charge in [-0.25, -0.2) is 4.99 Å². The first kappa shape index (κ1) is 21.7. The third-order valence-electron chi connectivity index (χ3n) is 3.86. The maximum absolute atomic E-state index is 6.01. The van der Waals surface area contributed by atoms with Gasteiger partial charge in [0.2, 0.25) is 0 Å². The summed E-state index contributed by atoms with van der Waals surface area (Å²) in [6.45, 7) is 3.97. The first-order chi connectivity index (χ1) is 13.3. The van der Waals surface area contributed by atoms with Gasteiger partial charge in [0.25, 0.3) is 0 Å². The molecule has 0 amide bonds. The smallest absolute Gasteiger partial charge is 0.191 e. The van der Waals surface area contributed by atoms with Crippen LogP contribution in [0.1, 0.15) is 18.2 Å². The molecule has 0 fully saturated rings. The van der Waals surface area contributed by atoms with Gasteiger partial charge in [0, 0.05) is 18.3 Å². The predicted molar refractivity (Wildman–Crippen MR) is 124 cm³/mol. The summed E-state index contributed by atoms with van der Waals surface area (Å²) in [5.41, 5.74) is 1.99. The normalized spacial score (nSPS) is 10.7. The summed E-state index contributed by atoms with van der Waals surface area (Å²) in [4.78, 5) is 9.01. The lowest BCUT2D eigenvalue weighted by molar-refractivity contribution is 0.476. The Morgan fingerprint density at radius 2 is 1.68 bits per heavy atom. The highest BCUT2D eigenvalue weighted by Gasteiger charge is 2.05. The highest BCUT2D eigenvalue weighted by atomic mass is 127. The van der Waals surface area contributed by atoms with E-state index in [1.165, 1.54) is 0 Å². The molecule has 3 aromatic rings. The second-order valence-electron chi connectivity index (χ2n) is 5.89. The van der Waals surface area contributed by atoms with E-state index in [0.29, 0.717) is 13.1 Å². The summed E-state index contributed by atoms with van der Waals surface area (Å²) < 4.78 is 6.01. The third kappa shape index (κ3) is 6.84. The van der Waals surface area contributed by atoms with Crippen LogP contribution in [-0.2, 0) is 13.1 Å². The number of hydrogen-bond acceptors (Lipinski definition) is 3. The molecule has 146 valence electrons. The molecule has 3 rings (SSSR count). The summed E-state index contributed by atoms with van der Waals surface area (Å²) >= 11 is 0. The number of halogens is 1. The van der Waals surface area contributed by atoms with E-state index in [1.807, 2.05) is 79.7 Å². The Balaban J connectivity index is 0.00000280. The van der Waals surface area contributed by atoms with E-state index in [1.54, 1.807) is 6.20 Å². The lowest BCUT2D eigenvalue weighted by Gasteiger charge is -2.13. The number of hydrogen-bond donors (Lipinski definition) is 2. The van der Waals surface area contributed by atoms with Crippen LogP contribution in [0.5, 0.6) is 11.5 Å². The Bertz CT molecular complexity index is 857. The van der Waals surface area contributed by atoms with Gasteiger partial charge in [0.05, 0.1) is 18.8 Å². The largest absolute Gasteiger partial charge is 0.457 e. The summed E-state index contributed by atoms with van der Waals surface area (Å²) in [7, 11) is 0. The lowest BCUT2D eigenvalue weighted by Crippen LogP contribution is -2.37. The highest BCUT2D eigenvalue weighted by molar-refractivity contribution is 14.0.